The van der Waals surface area contributed by atoms with Crippen LogP contribution in [0.1, 0.15) is 10.4 Å². The van der Waals surface area contributed by atoms with E-state index in [0.29, 0.717) is 18.2 Å². The highest BCUT2D eigenvalue weighted by Crippen LogP contribution is 2.33. The van der Waals surface area contributed by atoms with Gasteiger partial charge in [0.2, 0.25) is 0 Å². The molecule has 19 heavy (non-hydrogen) atoms. The van der Waals surface area contributed by atoms with Crippen LogP contribution in [0.25, 0.3) is 0 Å². The number of carbonyl (C=O) groups excluding carboxylic acids is 1. The third-order valence-corrected chi connectivity index (χ3v) is 2.87. The third-order valence-electron chi connectivity index (χ3n) is 2.26. The number of aliphatic hydroxyl groups excluding tert-OH is 1. The molecule has 0 saturated carbocycles. The summed E-state index contributed by atoms with van der Waals surface area (Å²) < 4.78 is 10.1. The Labute approximate surface area is 121 Å². The van der Waals surface area contributed by atoms with E-state index < -0.39 is 5.91 Å². The summed E-state index contributed by atoms with van der Waals surface area (Å²) in [6.07, 6.45) is 0. The first-order chi connectivity index (χ1) is 9.11. The van der Waals surface area contributed by atoms with Crippen molar-refractivity contribution >= 4 is 29.1 Å². The molecule has 0 bridgehead atoms. The number of benzene rings is 1. The largest absolute Gasteiger partial charge is 0.494 e. The van der Waals surface area contributed by atoms with Gasteiger partial charge < -0.3 is 19.9 Å². The van der Waals surface area contributed by atoms with Gasteiger partial charge in [-0.25, -0.2) is 0 Å². The van der Waals surface area contributed by atoms with Gasteiger partial charge in [0.15, 0.2) is 5.75 Å². The molecule has 0 aliphatic carbocycles. The van der Waals surface area contributed by atoms with E-state index in [0.717, 1.165) is 0 Å². The first-order valence-electron chi connectivity index (χ1n) is 5.60. The Morgan fingerprint density at radius 3 is 2.63 bits per heavy atom. The summed E-state index contributed by atoms with van der Waals surface area (Å²) in [5, 5.41) is 11.7. The fourth-order valence-corrected chi connectivity index (χ4v) is 1.91. The van der Waals surface area contributed by atoms with Crippen molar-refractivity contribution < 1.29 is 19.4 Å². The summed E-state index contributed by atoms with van der Waals surface area (Å²) in [7, 11) is 1.42. The molecule has 1 rings (SSSR count). The minimum Gasteiger partial charge on any atom is -0.494 e. The van der Waals surface area contributed by atoms with Crippen LogP contribution in [0.15, 0.2) is 12.1 Å². The van der Waals surface area contributed by atoms with Gasteiger partial charge in [-0.05, 0) is 12.1 Å². The normalized spacial score (nSPS) is 10.3. The molecule has 1 amide bonds. The molecule has 0 aliphatic heterocycles. The SMILES string of the molecule is COc1c(Cl)ccc(Cl)c1C(=O)NCCOCCO. The lowest BCUT2D eigenvalue weighted by molar-refractivity contribution is 0.0836. The smallest absolute Gasteiger partial charge is 0.256 e. The van der Waals surface area contributed by atoms with Crippen LogP contribution in [-0.2, 0) is 4.74 Å². The predicted molar refractivity (Wildman–Crippen MR) is 73.3 cm³/mol. The van der Waals surface area contributed by atoms with Crippen molar-refractivity contribution in [1.82, 2.24) is 5.32 Å². The van der Waals surface area contributed by atoms with E-state index in [4.69, 9.17) is 37.8 Å². The van der Waals surface area contributed by atoms with E-state index in [9.17, 15) is 4.79 Å². The molecular weight excluding hydrogens is 293 g/mol. The lowest BCUT2D eigenvalue weighted by atomic mass is 10.2. The molecule has 0 unspecified atom stereocenters. The van der Waals surface area contributed by atoms with E-state index in [2.05, 4.69) is 5.32 Å². The van der Waals surface area contributed by atoms with Gasteiger partial charge in [-0.15, -0.1) is 0 Å². The Morgan fingerprint density at radius 1 is 1.32 bits per heavy atom. The van der Waals surface area contributed by atoms with Crippen LogP contribution in [0.3, 0.4) is 0 Å². The standard InChI is InChI=1S/C12H15Cl2NO4/c1-18-11-9(14)3-2-8(13)10(11)12(17)15-4-6-19-7-5-16/h2-3,16H,4-7H2,1H3,(H,15,17). The number of amides is 1. The summed E-state index contributed by atoms with van der Waals surface area (Å²) >= 11 is 11.9. The molecule has 0 aromatic heterocycles. The van der Waals surface area contributed by atoms with E-state index in [1.165, 1.54) is 13.2 Å². The minimum absolute atomic E-state index is 0.0537. The second-order valence-electron chi connectivity index (χ2n) is 3.53. The van der Waals surface area contributed by atoms with Gasteiger partial charge in [-0.1, -0.05) is 23.2 Å². The van der Waals surface area contributed by atoms with E-state index >= 15 is 0 Å². The molecule has 0 aliphatic rings. The van der Waals surface area contributed by atoms with Crippen molar-refractivity contribution in [2.45, 2.75) is 0 Å². The number of rotatable bonds is 7. The molecule has 0 heterocycles. The predicted octanol–water partition coefficient (Wildman–Crippen LogP) is 1.74. The Kier molecular flexibility index (Phi) is 6.94. The Morgan fingerprint density at radius 2 is 2.00 bits per heavy atom. The summed E-state index contributed by atoms with van der Waals surface area (Å²) in [4.78, 5) is 12.0. The van der Waals surface area contributed by atoms with Crippen LogP contribution in [0.5, 0.6) is 5.75 Å². The number of aliphatic hydroxyl groups is 1. The highest BCUT2D eigenvalue weighted by Gasteiger charge is 2.18. The van der Waals surface area contributed by atoms with Crippen LogP contribution < -0.4 is 10.1 Å². The maximum Gasteiger partial charge on any atom is 0.256 e. The molecule has 0 atom stereocenters. The average Bonchev–Trinajstić information content (AvgIpc) is 2.40. The van der Waals surface area contributed by atoms with Gasteiger partial charge in [0.1, 0.15) is 5.56 Å². The fourth-order valence-electron chi connectivity index (χ4n) is 1.44. The minimum atomic E-state index is -0.392. The number of nitrogens with one attached hydrogen (secondary N) is 1. The third kappa shape index (κ3) is 4.54. The summed E-state index contributed by atoms with van der Waals surface area (Å²) in [5.74, 6) is -0.153. The lowest BCUT2D eigenvalue weighted by Crippen LogP contribution is -2.28. The van der Waals surface area contributed by atoms with Crippen LogP contribution in [-0.4, -0.2) is 44.5 Å². The van der Waals surface area contributed by atoms with Crippen molar-refractivity contribution in [2.75, 3.05) is 33.5 Å². The van der Waals surface area contributed by atoms with E-state index in [1.807, 2.05) is 0 Å². The number of ether oxygens (including phenoxy) is 2. The molecule has 106 valence electrons. The Balaban J connectivity index is 2.68. The van der Waals surface area contributed by atoms with Gasteiger partial charge in [0, 0.05) is 6.54 Å². The highest BCUT2D eigenvalue weighted by molar-refractivity contribution is 6.37. The van der Waals surface area contributed by atoms with Crippen LogP contribution in [0, 0.1) is 0 Å². The van der Waals surface area contributed by atoms with Gasteiger partial charge in [-0.3, -0.25) is 4.79 Å². The highest BCUT2D eigenvalue weighted by atomic mass is 35.5. The first kappa shape index (κ1) is 16.0. The Hall–Kier alpha value is -1.01. The number of hydrogen-bond donors (Lipinski definition) is 2. The number of halogens is 2. The molecule has 2 N–H and O–H groups in total. The summed E-state index contributed by atoms with van der Waals surface area (Å²) in [5.41, 5.74) is 0.193. The zero-order valence-corrected chi connectivity index (χ0v) is 11.9. The van der Waals surface area contributed by atoms with Crippen molar-refractivity contribution in [3.8, 4) is 5.75 Å². The molecule has 0 radical (unpaired) electrons. The van der Waals surface area contributed by atoms with Gasteiger partial charge in [-0.2, -0.15) is 0 Å². The van der Waals surface area contributed by atoms with Gasteiger partial charge in [0.25, 0.3) is 5.91 Å². The quantitative estimate of drug-likeness (QED) is 0.753. The van der Waals surface area contributed by atoms with Crippen molar-refractivity contribution in [3.05, 3.63) is 27.7 Å². The van der Waals surface area contributed by atoms with E-state index in [-0.39, 0.29) is 29.5 Å². The van der Waals surface area contributed by atoms with Crippen LogP contribution in [0.2, 0.25) is 10.0 Å². The number of methoxy groups -OCH3 is 1. The fraction of sp³-hybridized carbons (Fsp3) is 0.417. The van der Waals surface area contributed by atoms with Crippen LogP contribution >= 0.6 is 23.2 Å². The molecule has 0 saturated heterocycles. The van der Waals surface area contributed by atoms with Crippen molar-refractivity contribution in [1.29, 1.82) is 0 Å². The average molecular weight is 308 g/mol. The maximum atomic E-state index is 12.0. The van der Waals surface area contributed by atoms with Gasteiger partial charge >= 0.3 is 0 Å². The van der Waals surface area contributed by atoms with Crippen molar-refractivity contribution in [3.63, 3.8) is 0 Å². The summed E-state index contributed by atoms with van der Waals surface area (Å²) in [6, 6.07) is 3.09. The van der Waals surface area contributed by atoms with E-state index in [1.54, 1.807) is 6.07 Å². The zero-order valence-electron chi connectivity index (χ0n) is 10.4. The maximum absolute atomic E-state index is 12.0. The second kappa shape index (κ2) is 8.22. The van der Waals surface area contributed by atoms with Gasteiger partial charge in [0.05, 0.1) is 37.0 Å². The number of carbonyl (C=O) groups is 1. The number of hydrogen-bond acceptors (Lipinski definition) is 4. The topological polar surface area (TPSA) is 67.8 Å². The summed E-state index contributed by atoms with van der Waals surface area (Å²) in [6.45, 7) is 0.774. The molecule has 0 fully saturated rings. The second-order valence-corrected chi connectivity index (χ2v) is 4.34. The molecule has 1 aromatic rings. The Bertz CT molecular complexity index is 440. The molecule has 7 heteroatoms. The zero-order chi connectivity index (χ0) is 14.3. The lowest BCUT2D eigenvalue weighted by Gasteiger charge is -2.12. The molecule has 0 spiro atoms. The van der Waals surface area contributed by atoms with Crippen molar-refractivity contribution in [2.24, 2.45) is 0 Å². The molecular formula is C12H15Cl2NO4. The monoisotopic (exact) mass is 307 g/mol. The molecule has 5 nitrogen and oxygen atoms in total. The van der Waals surface area contributed by atoms with Crippen LogP contribution in [0.4, 0.5) is 0 Å². The molecule has 1 aromatic carbocycles. The first-order valence-corrected chi connectivity index (χ1v) is 6.36.